The first-order valence-corrected chi connectivity index (χ1v) is 13.2. The normalized spacial score (nSPS) is 15.0. The quantitative estimate of drug-likeness (QED) is 0.363. The molecule has 2 aromatic carbocycles. The van der Waals surface area contributed by atoms with Crippen molar-refractivity contribution in [2.24, 2.45) is 4.99 Å². The summed E-state index contributed by atoms with van der Waals surface area (Å²) >= 11 is 4.72. The van der Waals surface area contributed by atoms with Gasteiger partial charge in [-0.25, -0.2) is 9.79 Å². The van der Waals surface area contributed by atoms with Gasteiger partial charge in [0.25, 0.3) is 5.56 Å². The average molecular weight is 603 g/mol. The monoisotopic (exact) mass is 602 g/mol. The van der Waals surface area contributed by atoms with Gasteiger partial charge in [0.2, 0.25) is 0 Å². The van der Waals surface area contributed by atoms with Crippen LogP contribution in [0.3, 0.4) is 0 Å². The van der Waals surface area contributed by atoms with E-state index in [2.05, 4.69) is 20.9 Å². The van der Waals surface area contributed by atoms with Crippen LogP contribution in [-0.4, -0.2) is 45.6 Å². The van der Waals surface area contributed by atoms with Crippen LogP contribution >= 0.6 is 27.3 Å². The van der Waals surface area contributed by atoms with Crippen molar-refractivity contribution in [1.82, 2.24) is 4.57 Å². The number of carbonyl (C=O) groups is 1. The maximum absolute atomic E-state index is 13.9. The molecule has 2 heterocycles. The number of allylic oxidation sites excluding steroid dienone is 1. The maximum atomic E-state index is 13.9. The van der Waals surface area contributed by atoms with Crippen molar-refractivity contribution in [2.45, 2.75) is 19.9 Å². The predicted octanol–water partition coefficient (Wildman–Crippen LogP) is 3.60. The van der Waals surface area contributed by atoms with Gasteiger partial charge >= 0.3 is 5.97 Å². The lowest BCUT2D eigenvalue weighted by atomic mass is 9.94. The molecule has 38 heavy (non-hydrogen) atoms. The van der Waals surface area contributed by atoms with E-state index in [1.54, 1.807) is 65.5 Å². The van der Waals surface area contributed by atoms with E-state index in [4.69, 9.17) is 23.7 Å². The van der Waals surface area contributed by atoms with Crippen molar-refractivity contribution in [3.8, 4) is 23.0 Å². The molecule has 1 atom stereocenters. The first-order chi connectivity index (χ1) is 18.3. The van der Waals surface area contributed by atoms with Crippen LogP contribution in [0.1, 0.15) is 31.0 Å². The molecular weight excluding hydrogens is 576 g/mol. The number of rotatable bonds is 8. The standard InChI is InChI=1S/C27H27BrN2O7S/c1-7-37-26(32)22-14(2)29-27-30(23(22)17-13-16(33-3)8-9-19(17)34-4)25(31)21(38-27)12-15-10-18(28)24(36-6)20(11-15)35-5/h8-13,23H,7H2,1-6H3. The zero-order valence-electron chi connectivity index (χ0n) is 21.8. The number of thiazole rings is 1. The summed E-state index contributed by atoms with van der Waals surface area (Å²) in [4.78, 5) is 32.2. The Kier molecular flexibility index (Phi) is 8.27. The molecule has 200 valence electrons. The van der Waals surface area contributed by atoms with E-state index in [-0.39, 0.29) is 17.7 Å². The summed E-state index contributed by atoms with van der Waals surface area (Å²) < 4.78 is 29.9. The maximum Gasteiger partial charge on any atom is 0.338 e. The highest BCUT2D eigenvalue weighted by molar-refractivity contribution is 9.10. The molecule has 0 bridgehead atoms. The van der Waals surface area contributed by atoms with Crippen LogP contribution in [0.4, 0.5) is 0 Å². The molecule has 0 amide bonds. The number of esters is 1. The van der Waals surface area contributed by atoms with Crippen LogP contribution in [0.25, 0.3) is 6.08 Å². The lowest BCUT2D eigenvalue weighted by Crippen LogP contribution is -2.40. The molecule has 1 unspecified atom stereocenters. The molecule has 0 radical (unpaired) electrons. The second kappa shape index (κ2) is 11.4. The number of hydrogen-bond acceptors (Lipinski definition) is 9. The summed E-state index contributed by atoms with van der Waals surface area (Å²) in [5.74, 6) is 1.55. The van der Waals surface area contributed by atoms with Gasteiger partial charge in [0.1, 0.15) is 17.5 Å². The number of carbonyl (C=O) groups excluding carboxylic acids is 1. The number of nitrogens with zero attached hydrogens (tertiary/aromatic N) is 2. The Balaban J connectivity index is 2.00. The molecule has 0 spiro atoms. The molecule has 1 aliphatic heterocycles. The third-order valence-corrected chi connectivity index (χ3v) is 7.57. The Labute approximate surface area is 231 Å². The van der Waals surface area contributed by atoms with Crippen LogP contribution in [0.5, 0.6) is 23.0 Å². The molecule has 3 aromatic rings. The van der Waals surface area contributed by atoms with Crippen LogP contribution in [0, 0.1) is 0 Å². The summed E-state index contributed by atoms with van der Waals surface area (Å²) in [5, 5.41) is 0. The molecule has 0 saturated heterocycles. The van der Waals surface area contributed by atoms with E-state index in [1.165, 1.54) is 23.0 Å². The minimum absolute atomic E-state index is 0.177. The SMILES string of the molecule is CCOC(=O)C1=C(C)N=c2sc(=Cc3cc(Br)c(OC)c(OC)c3)c(=O)n2C1c1cc(OC)ccc1OC. The van der Waals surface area contributed by atoms with Gasteiger partial charge < -0.3 is 23.7 Å². The summed E-state index contributed by atoms with van der Waals surface area (Å²) in [6, 6.07) is 8.01. The number of hydrogen-bond donors (Lipinski definition) is 0. The molecule has 4 rings (SSSR count). The highest BCUT2D eigenvalue weighted by atomic mass is 79.9. The largest absolute Gasteiger partial charge is 0.497 e. The minimum Gasteiger partial charge on any atom is -0.497 e. The Morgan fingerprint density at radius 2 is 1.82 bits per heavy atom. The van der Waals surface area contributed by atoms with E-state index < -0.39 is 12.0 Å². The fourth-order valence-corrected chi connectivity index (χ4v) is 5.98. The Bertz CT molecular complexity index is 1610. The first-order valence-electron chi connectivity index (χ1n) is 11.6. The first kappa shape index (κ1) is 27.5. The van der Waals surface area contributed by atoms with E-state index in [0.29, 0.717) is 48.1 Å². The topological polar surface area (TPSA) is 97.6 Å². The van der Waals surface area contributed by atoms with Crippen LogP contribution < -0.4 is 33.8 Å². The fraction of sp³-hybridized carbons (Fsp3) is 0.296. The van der Waals surface area contributed by atoms with E-state index >= 15 is 0 Å². The van der Waals surface area contributed by atoms with Crippen LogP contribution in [0.2, 0.25) is 0 Å². The number of halogens is 1. The molecule has 1 aliphatic rings. The third-order valence-electron chi connectivity index (χ3n) is 6.00. The minimum atomic E-state index is -0.838. The van der Waals surface area contributed by atoms with E-state index in [0.717, 1.165) is 5.56 Å². The predicted molar refractivity (Wildman–Crippen MR) is 147 cm³/mol. The second-order valence-corrected chi connectivity index (χ2v) is 10.0. The van der Waals surface area contributed by atoms with Crippen molar-refractivity contribution in [1.29, 1.82) is 0 Å². The summed E-state index contributed by atoms with van der Waals surface area (Å²) in [7, 11) is 6.18. The van der Waals surface area contributed by atoms with E-state index in [9.17, 15) is 9.59 Å². The van der Waals surface area contributed by atoms with Gasteiger partial charge in [-0.05, 0) is 71.7 Å². The van der Waals surface area contributed by atoms with Gasteiger partial charge in [0.15, 0.2) is 16.3 Å². The van der Waals surface area contributed by atoms with Gasteiger partial charge in [-0.3, -0.25) is 9.36 Å². The van der Waals surface area contributed by atoms with Gasteiger partial charge in [-0.15, -0.1) is 0 Å². The lowest BCUT2D eigenvalue weighted by molar-refractivity contribution is -0.139. The van der Waals surface area contributed by atoms with Crippen LogP contribution in [0.15, 0.2) is 55.9 Å². The van der Waals surface area contributed by atoms with Crippen molar-refractivity contribution < 1.29 is 28.5 Å². The Hall–Kier alpha value is -3.57. The van der Waals surface area contributed by atoms with Crippen molar-refractivity contribution in [2.75, 3.05) is 35.0 Å². The average Bonchev–Trinajstić information content (AvgIpc) is 3.21. The molecule has 0 fully saturated rings. The van der Waals surface area contributed by atoms with Gasteiger partial charge in [-0.2, -0.15) is 0 Å². The van der Waals surface area contributed by atoms with Gasteiger partial charge in [-0.1, -0.05) is 11.3 Å². The molecule has 0 saturated carbocycles. The highest BCUT2D eigenvalue weighted by Gasteiger charge is 2.35. The van der Waals surface area contributed by atoms with Gasteiger partial charge in [0.05, 0.1) is 55.3 Å². The lowest BCUT2D eigenvalue weighted by Gasteiger charge is -2.26. The number of aromatic nitrogens is 1. The van der Waals surface area contributed by atoms with Crippen LogP contribution in [-0.2, 0) is 9.53 Å². The summed E-state index contributed by atoms with van der Waals surface area (Å²) in [5.41, 5.74) is 1.69. The molecule has 0 aliphatic carbocycles. The fourth-order valence-electron chi connectivity index (χ4n) is 4.31. The molecular formula is C27H27BrN2O7S. The summed E-state index contributed by atoms with van der Waals surface area (Å²) in [6.45, 7) is 3.63. The van der Waals surface area contributed by atoms with Crippen molar-refractivity contribution >= 4 is 39.3 Å². The molecule has 9 nitrogen and oxygen atoms in total. The molecule has 0 N–H and O–H groups in total. The molecule has 11 heteroatoms. The summed E-state index contributed by atoms with van der Waals surface area (Å²) in [6.07, 6.45) is 1.75. The zero-order chi connectivity index (χ0) is 27.6. The second-order valence-electron chi connectivity index (χ2n) is 8.15. The Morgan fingerprint density at radius 3 is 2.45 bits per heavy atom. The number of benzene rings is 2. The highest BCUT2D eigenvalue weighted by Crippen LogP contribution is 2.38. The van der Waals surface area contributed by atoms with Crippen molar-refractivity contribution in [3.63, 3.8) is 0 Å². The Morgan fingerprint density at radius 1 is 1.08 bits per heavy atom. The zero-order valence-corrected chi connectivity index (χ0v) is 24.2. The number of fused-ring (bicyclic) bond motifs is 1. The third kappa shape index (κ3) is 4.95. The van der Waals surface area contributed by atoms with Gasteiger partial charge in [0, 0.05) is 5.56 Å². The van der Waals surface area contributed by atoms with E-state index in [1.807, 2.05) is 6.07 Å². The molecule has 1 aromatic heterocycles. The number of methoxy groups -OCH3 is 4. The smallest absolute Gasteiger partial charge is 0.338 e. The van der Waals surface area contributed by atoms with Crippen molar-refractivity contribution in [3.05, 3.63) is 76.9 Å². The number of ether oxygens (including phenoxy) is 5.